The van der Waals surface area contributed by atoms with Crippen LogP contribution in [0, 0.1) is 5.92 Å². The Morgan fingerprint density at radius 3 is 2.62 bits per heavy atom. The minimum atomic E-state index is 0. The normalized spacial score (nSPS) is 11.9. The van der Waals surface area contributed by atoms with Gasteiger partial charge in [-0.2, -0.15) is 0 Å². The summed E-state index contributed by atoms with van der Waals surface area (Å²) in [7, 11) is 3.46. The van der Waals surface area contributed by atoms with Crippen LogP contribution in [0.3, 0.4) is 0 Å². The zero-order valence-corrected chi connectivity index (χ0v) is 14.2. The van der Waals surface area contributed by atoms with E-state index in [4.69, 9.17) is 10.5 Å². The van der Waals surface area contributed by atoms with Gasteiger partial charge < -0.3 is 15.4 Å². The molecule has 1 rings (SSSR count). The summed E-state index contributed by atoms with van der Waals surface area (Å²) in [5.74, 6) is 0.461. The standard InChI is InChI=1S/C16H26N2O2.ClH/c1-12(2)15(17)8-9-18(3)16(19)14-7-5-6-13(10-14)11-20-4;/h5-7,10,12,15H,8-9,11,17H2,1-4H3;1H. The molecule has 1 aromatic rings. The highest BCUT2D eigenvalue weighted by molar-refractivity contribution is 5.94. The Kier molecular flexibility index (Phi) is 9.26. The van der Waals surface area contributed by atoms with E-state index in [1.165, 1.54) is 0 Å². The molecule has 1 atom stereocenters. The smallest absolute Gasteiger partial charge is 0.253 e. The third-order valence-corrected chi connectivity index (χ3v) is 3.49. The first-order valence-corrected chi connectivity index (χ1v) is 7.04. The molecule has 0 bridgehead atoms. The SMILES string of the molecule is COCc1cccc(C(=O)N(C)CCC(N)C(C)C)c1.Cl. The van der Waals surface area contributed by atoms with Gasteiger partial charge in [0.1, 0.15) is 0 Å². The minimum Gasteiger partial charge on any atom is -0.380 e. The molecule has 1 aromatic carbocycles. The van der Waals surface area contributed by atoms with E-state index < -0.39 is 0 Å². The van der Waals surface area contributed by atoms with Crippen molar-refractivity contribution in [2.24, 2.45) is 11.7 Å². The van der Waals surface area contributed by atoms with Crippen LogP contribution >= 0.6 is 12.4 Å². The highest BCUT2D eigenvalue weighted by Crippen LogP contribution is 2.10. The Bertz CT molecular complexity index is 438. The molecule has 120 valence electrons. The van der Waals surface area contributed by atoms with Crippen molar-refractivity contribution >= 4 is 18.3 Å². The number of rotatable bonds is 7. The summed E-state index contributed by atoms with van der Waals surface area (Å²) in [6.45, 7) is 5.39. The maximum Gasteiger partial charge on any atom is 0.253 e. The first kappa shape index (κ1) is 19.9. The summed E-state index contributed by atoms with van der Waals surface area (Å²) < 4.78 is 5.09. The lowest BCUT2D eigenvalue weighted by Gasteiger charge is -2.21. The summed E-state index contributed by atoms with van der Waals surface area (Å²) in [5, 5.41) is 0. The number of benzene rings is 1. The Morgan fingerprint density at radius 1 is 1.38 bits per heavy atom. The van der Waals surface area contributed by atoms with Gasteiger partial charge in [0.05, 0.1) is 6.61 Å². The van der Waals surface area contributed by atoms with Gasteiger partial charge in [0.2, 0.25) is 0 Å². The molecule has 1 unspecified atom stereocenters. The lowest BCUT2D eigenvalue weighted by atomic mass is 10.0. The van der Waals surface area contributed by atoms with Gasteiger partial charge in [-0.25, -0.2) is 0 Å². The van der Waals surface area contributed by atoms with Gasteiger partial charge in [-0.15, -0.1) is 12.4 Å². The number of amides is 1. The van der Waals surface area contributed by atoms with Gasteiger partial charge in [-0.3, -0.25) is 4.79 Å². The molecular weight excluding hydrogens is 288 g/mol. The molecule has 4 nitrogen and oxygen atoms in total. The molecule has 0 aliphatic carbocycles. The lowest BCUT2D eigenvalue weighted by molar-refractivity contribution is 0.0789. The van der Waals surface area contributed by atoms with Crippen molar-refractivity contribution in [1.82, 2.24) is 4.90 Å². The van der Waals surface area contributed by atoms with Gasteiger partial charge in [-0.05, 0) is 30.0 Å². The van der Waals surface area contributed by atoms with Crippen LogP contribution in [0.15, 0.2) is 24.3 Å². The second-order valence-electron chi connectivity index (χ2n) is 5.56. The third-order valence-electron chi connectivity index (χ3n) is 3.49. The van der Waals surface area contributed by atoms with E-state index in [9.17, 15) is 4.79 Å². The molecule has 0 fully saturated rings. The van der Waals surface area contributed by atoms with Crippen LogP contribution in [0.25, 0.3) is 0 Å². The lowest BCUT2D eigenvalue weighted by Crippen LogP contribution is -2.34. The molecule has 21 heavy (non-hydrogen) atoms. The molecule has 0 aliphatic heterocycles. The largest absolute Gasteiger partial charge is 0.380 e. The molecule has 1 amide bonds. The Balaban J connectivity index is 0.00000400. The number of ether oxygens (including phenoxy) is 1. The fourth-order valence-corrected chi connectivity index (χ4v) is 1.96. The average Bonchev–Trinajstić information content (AvgIpc) is 2.44. The van der Waals surface area contributed by atoms with Gasteiger partial charge in [0, 0.05) is 32.3 Å². The number of carbonyl (C=O) groups excluding carboxylic acids is 1. The fraction of sp³-hybridized carbons (Fsp3) is 0.562. The van der Waals surface area contributed by atoms with Crippen molar-refractivity contribution in [3.8, 4) is 0 Å². The van der Waals surface area contributed by atoms with E-state index in [0.29, 0.717) is 24.6 Å². The van der Waals surface area contributed by atoms with Crippen LogP contribution in [0.1, 0.15) is 36.2 Å². The van der Waals surface area contributed by atoms with Crippen LogP contribution in [0.4, 0.5) is 0 Å². The maximum atomic E-state index is 12.3. The Morgan fingerprint density at radius 2 is 2.05 bits per heavy atom. The van der Waals surface area contributed by atoms with Crippen LogP contribution in [-0.2, 0) is 11.3 Å². The molecule has 0 saturated carbocycles. The van der Waals surface area contributed by atoms with Crippen molar-refractivity contribution in [2.75, 3.05) is 20.7 Å². The van der Waals surface area contributed by atoms with E-state index in [-0.39, 0.29) is 24.4 Å². The van der Waals surface area contributed by atoms with E-state index in [0.717, 1.165) is 12.0 Å². The van der Waals surface area contributed by atoms with Crippen molar-refractivity contribution in [1.29, 1.82) is 0 Å². The van der Waals surface area contributed by atoms with Crippen molar-refractivity contribution in [2.45, 2.75) is 32.9 Å². The second-order valence-corrected chi connectivity index (χ2v) is 5.56. The fourth-order valence-electron chi connectivity index (χ4n) is 1.96. The molecule has 0 saturated heterocycles. The van der Waals surface area contributed by atoms with Gasteiger partial charge in [-0.1, -0.05) is 26.0 Å². The number of methoxy groups -OCH3 is 1. The van der Waals surface area contributed by atoms with Crippen molar-refractivity contribution in [3.63, 3.8) is 0 Å². The summed E-state index contributed by atoms with van der Waals surface area (Å²) in [5.41, 5.74) is 7.71. The summed E-state index contributed by atoms with van der Waals surface area (Å²) >= 11 is 0. The van der Waals surface area contributed by atoms with E-state index in [2.05, 4.69) is 13.8 Å². The summed E-state index contributed by atoms with van der Waals surface area (Å²) in [6.07, 6.45) is 0.817. The highest BCUT2D eigenvalue weighted by Gasteiger charge is 2.14. The topological polar surface area (TPSA) is 55.6 Å². The molecule has 5 heteroatoms. The quantitative estimate of drug-likeness (QED) is 0.842. The molecular formula is C16H27ClN2O2. The van der Waals surface area contributed by atoms with Crippen molar-refractivity contribution < 1.29 is 9.53 Å². The molecule has 0 radical (unpaired) electrons. The minimum absolute atomic E-state index is 0. The number of nitrogens with zero attached hydrogens (tertiary/aromatic N) is 1. The number of halogens is 1. The molecule has 0 spiro atoms. The zero-order chi connectivity index (χ0) is 15.1. The predicted molar refractivity (Wildman–Crippen MR) is 88.8 cm³/mol. The zero-order valence-electron chi connectivity index (χ0n) is 13.3. The Labute approximate surface area is 134 Å². The molecule has 0 aliphatic rings. The van der Waals surface area contributed by atoms with E-state index in [1.807, 2.05) is 31.3 Å². The Hall–Kier alpha value is -1.10. The number of carbonyl (C=O) groups is 1. The third kappa shape index (κ3) is 6.46. The van der Waals surface area contributed by atoms with Gasteiger partial charge >= 0.3 is 0 Å². The van der Waals surface area contributed by atoms with Crippen LogP contribution < -0.4 is 5.73 Å². The number of hydrogen-bond acceptors (Lipinski definition) is 3. The molecule has 0 aromatic heterocycles. The van der Waals surface area contributed by atoms with Crippen molar-refractivity contribution in [3.05, 3.63) is 35.4 Å². The number of hydrogen-bond donors (Lipinski definition) is 1. The summed E-state index contributed by atoms with van der Waals surface area (Å²) in [6, 6.07) is 7.68. The maximum absolute atomic E-state index is 12.3. The van der Waals surface area contributed by atoms with Gasteiger partial charge in [0.25, 0.3) is 5.91 Å². The first-order valence-electron chi connectivity index (χ1n) is 7.04. The molecule has 2 N–H and O–H groups in total. The van der Waals surface area contributed by atoms with Crippen LogP contribution in [0.2, 0.25) is 0 Å². The van der Waals surface area contributed by atoms with Crippen LogP contribution in [-0.4, -0.2) is 37.6 Å². The summed E-state index contributed by atoms with van der Waals surface area (Å²) in [4.78, 5) is 14.1. The second kappa shape index (κ2) is 9.77. The van der Waals surface area contributed by atoms with Gasteiger partial charge in [0.15, 0.2) is 0 Å². The average molecular weight is 315 g/mol. The number of nitrogens with two attached hydrogens (primary N) is 1. The monoisotopic (exact) mass is 314 g/mol. The molecule has 0 heterocycles. The first-order chi connectivity index (χ1) is 9.45. The van der Waals surface area contributed by atoms with E-state index >= 15 is 0 Å². The highest BCUT2D eigenvalue weighted by atomic mass is 35.5. The predicted octanol–water partition coefficient (Wildman–Crippen LogP) is 2.70. The van der Waals surface area contributed by atoms with E-state index in [1.54, 1.807) is 12.0 Å². The van der Waals surface area contributed by atoms with Crippen LogP contribution in [0.5, 0.6) is 0 Å².